The van der Waals surface area contributed by atoms with E-state index in [0.29, 0.717) is 18.9 Å². The third-order valence-corrected chi connectivity index (χ3v) is 5.26. The van der Waals surface area contributed by atoms with E-state index in [9.17, 15) is 4.79 Å². The lowest BCUT2D eigenvalue weighted by Crippen LogP contribution is -2.36. The molecule has 5 nitrogen and oxygen atoms in total. The van der Waals surface area contributed by atoms with E-state index in [1.807, 2.05) is 31.4 Å². The van der Waals surface area contributed by atoms with Crippen LogP contribution in [0, 0.1) is 13.8 Å². The fourth-order valence-corrected chi connectivity index (χ4v) is 3.34. The van der Waals surface area contributed by atoms with Crippen LogP contribution in [-0.4, -0.2) is 21.8 Å². The largest absolute Gasteiger partial charge is 0.486 e. The van der Waals surface area contributed by atoms with Crippen LogP contribution in [0.15, 0.2) is 46.4 Å². The van der Waals surface area contributed by atoms with Gasteiger partial charge >= 0.3 is 0 Å². The lowest BCUT2D eigenvalue weighted by Gasteiger charge is -2.24. The number of ether oxygens (including phenoxy) is 1. The van der Waals surface area contributed by atoms with E-state index >= 15 is 0 Å². The molecule has 1 aromatic carbocycles. The second kappa shape index (κ2) is 8.39. The van der Waals surface area contributed by atoms with Crippen molar-refractivity contribution < 1.29 is 13.9 Å². The quantitative estimate of drug-likeness (QED) is 0.576. The van der Waals surface area contributed by atoms with Gasteiger partial charge in [0.15, 0.2) is 5.76 Å². The molecule has 1 amide bonds. The third kappa shape index (κ3) is 4.77. The predicted molar refractivity (Wildman–Crippen MR) is 106 cm³/mol. The van der Waals surface area contributed by atoms with Gasteiger partial charge in [-0.05, 0) is 63.1 Å². The number of benzene rings is 1. The highest BCUT2D eigenvalue weighted by Crippen LogP contribution is 2.20. The predicted octanol–water partition coefficient (Wildman–Crippen LogP) is 4.98. The summed E-state index contributed by atoms with van der Waals surface area (Å²) in [7, 11) is 0. The average molecular weight is 385 g/mol. The number of hydrogen-bond acceptors (Lipinski definition) is 5. The normalized spacial score (nSPS) is 11.0. The van der Waals surface area contributed by atoms with Gasteiger partial charge in [-0.2, -0.15) is 0 Å². The molecule has 2 heterocycles. The molecule has 0 saturated carbocycles. The van der Waals surface area contributed by atoms with Gasteiger partial charge in [0.1, 0.15) is 17.4 Å². The number of nitrogens with zero attached hydrogens (tertiary/aromatic N) is 2. The standard InChI is InChI=1S/C21H24N2O3S/c1-14(2)23(21(24)19-6-5-9-25-19)11-17-13-27-20(22-17)12-26-18-8-7-15(3)16(4)10-18/h5-10,13-14H,11-12H2,1-4H3. The number of carbonyl (C=O) groups is 1. The zero-order chi connectivity index (χ0) is 19.4. The van der Waals surface area contributed by atoms with Crippen molar-refractivity contribution in [3.8, 4) is 5.75 Å². The van der Waals surface area contributed by atoms with Gasteiger partial charge in [-0.3, -0.25) is 4.79 Å². The van der Waals surface area contributed by atoms with E-state index in [2.05, 4.69) is 24.9 Å². The molecule has 0 atom stereocenters. The van der Waals surface area contributed by atoms with Gasteiger partial charge in [0, 0.05) is 11.4 Å². The highest BCUT2D eigenvalue weighted by Gasteiger charge is 2.22. The molecule has 3 aromatic rings. The summed E-state index contributed by atoms with van der Waals surface area (Å²) < 4.78 is 11.1. The van der Waals surface area contributed by atoms with Crippen LogP contribution < -0.4 is 4.74 Å². The number of rotatable bonds is 7. The molecule has 3 rings (SSSR count). The Morgan fingerprint density at radius 3 is 2.74 bits per heavy atom. The molecule has 142 valence electrons. The number of carbonyl (C=O) groups excluding carboxylic acids is 1. The van der Waals surface area contributed by atoms with E-state index in [0.717, 1.165) is 16.5 Å². The van der Waals surface area contributed by atoms with Gasteiger partial charge in [-0.1, -0.05) is 6.07 Å². The number of amides is 1. The first-order valence-corrected chi connectivity index (χ1v) is 9.80. The highest BCUT2D eigenvalue weighted by atomic mass is 32.1. The van der Waals surface area contributed by atoms with Gasteiger partial charge in [-0.25, -0.2) is 4.98 Å². The van der Waals surface area contributed by atoms with Crippen LogP contribution in [0.25, 0.3) is 0 Å². The van der Waals surface area contributed by atoms with Crippen molar-refractivity contribution in [1.29, 1.82) is 0 Å². The number of thiazole rings is 1. The zero-order valence-corrected chi connectivity index (χ0v) is 16.9. The minimum atomic E-state index is -0.129. The topological polar surface area (TPSA) is 55.6 Å². The summed E-state index contributed by atoms with van der Waals surface area (Å²) in [4.78, 5) is 19.0. The molecule has 0 saturated heterocycles. The second-order valence-electron chi connectivity index (χ2n) is 6.77. The summed E-state index contributed by atoms with van der Waals surface area (Å²) in [5.41, 5.74) is 3.30. The van der Waals surface area contributed by atoms with Crippen molar-refractivity contribution in [2.24, 2.45) is 0 Å². The van der Waals surface area contributed by atoms with Crippen molar-refractivity contribution in [2.75, 3.05) is 0 Å². The molecular formula is C21H24N2O3S. The number of aryl methyl sites for hydroxylation is 2. The Bertz CT molecular complexity index is 900. The van der Waals surface area contributed by atoms with Crippen LogP contribution in [-0.2, 0) is 13.2 Å². The Kier molecular flexibility index (Phi) is 5.96. The van der Waals surface area contributed by atoms with E-state index in [-0.39, 0.29) is 11.9 Å². The molecule has 2 aromatic heterocycles. The van der Waals surface area contributed by atoms with Crippen LogP contribution in [0.2, 0.25) is 0 Å². The van der Waals surface area contributed by atoms with Gasteiger partial charge in [0.25, 0.3) is 5.91 Å². The van der Waals surface area contributed by atoms with E-state index in [1.54, 1.807) is 28.4 Å². The molecule has 0 aliphatic heterocycles. The van der Waals surface area contributed by atoms with Crippen molar-refractivity contribution in [1.82, 2.24) is 9.88 Å². The zero-order valence-electron chi connectivity index (χ0n) is 16.1. The molecule has 27 heavy (non-hydrogen) atoms. The lowest BCUT2D eigenvalue weighted by atomic mass is 10.1. The smallest absolute Gasteiger partial charge is 0.290 e. The first kappa shape index (κ1) is 19.2. The highest BCUT2D eigenvalue weighted by molar-refractivity contribution is 7.09. The SMILES string of the molecule is Cc1ccc(OCc2nc(CN(C(=O)c3ccco3)C(C)C)cs2)cc1C. The summed E-state index contributed by atoms with van der Waals surface area (Å²) >= 11 is 1.54. The minimum absolute atomic E-state index is 0.0412. The van der Waals surface area contributed by atoms with E-state index in [1.165, 1.54) is 17.4 Å². The number of furan rings is 1. The number of hydrogen-bond donors (Lipinski definition) is 0. The molecule has 0 N–H and O–H groups in total. The monoisotopic (exact) mass is 384 g/mol. The van der Waals surface area contributed by atoms with Crippen molar-refractivity contribution in [2.45, 2.75) is 46.9 Å². The Labute approximate surface area is 163 Å². The van der Waals surface area contributed by atoms with E-state index < -0.39 is 0 Å². The molecule has 0 unspecified atom stereocenters. The molecule has 0 aliphatic rings. The van der Waals surface area contributed by atoms with Crippen molar-refractivity contribution in [3.05, 3.63) is 69.6 Å². The fourth-order valence-electron chi connectivity index (χ4n) is 2.64. The van der Waals surface area contributed by atoms with Crippen molar-refractivity contribution in [3.63, 3.8) is 0 Å². The van der Waals surface area contributed by atoms with E-state index in [4.69, 9.17) is 9.15 Å². The molecule has 0 aliphatic carbocycles. The summed E-state index contributed by atoms with van der Waals surface area (Å²) in [6.07, 6.45) is 1.51. The maximum absolute atomic E-state index is 12.6. The number of aromatic nitrogens is 1. The first-order chi connectivity index (χ1) is 12.9. The van der Waals surface area contributed by atoms with Crippen molar-refractivity contribution >= 4 is 17.2 Å². The fraction of sp³-hybridized carbons (Fsp3) is 0.333. The lowest BCUT2D eigenvalue weighted by molar-refractivity contribution is 0.0655. The third-order valence-electron chi connectivity index (χ3n) is 4.39. The van der Waals surface area contributed by atoms with Crippen LogP contribution in [0.3, 0.4) is 0 Å². The second-order valence-corrected chi connectivity index (χ2v) is 7.71. The maximum atomic E-state index is 12.6. The molecular weight excluding hydrogens is 360 g/mol. The maximum Gasteiger partial charge on any atom is 0.290 e. The van der Waals surface area contributed by atoms with Crippen LogP contribution >= 0.6 is 11.3 Å². The first-order valence-electron chi connectivity index (χ1n) is 8.92. The summed E-state index contributed by atoms with van der Waals surface area (Å²) in [6, 6.07) is 9.50. The molecule has 0 bridgehead atoms. The Morgan fingerprint density at radius 2 is 2.07 bits per heavy atom. The van der Waals surface area contributed by atoms with Crippen LogP contribution in [0.4, 0.5) is 0 Å². The molecule has 0 spiro atoms. The van der Waals surface area contributed by atoms with Crippen LogP contribution in [0.5, 0.6) is 5.75 Å². The molecule has 6 heteroatoms. The van der Waals surface area contributed by atoms with Gasteiger partial charge in [0.2, 0.25) is 0 Å². The molecule has 0 fully saturated rings. The summed E-state index contributed by atoms with van der Waals surface area (Å²) in [5.74, 6) is 1.06. The summed E-state index contributed by atoms with van der Waals surface area (Å²) in [6.45, 7) is 8.98. The van der Waals surface area contributed by atoms with Gasteiger partial charge < -0.3 is 14.1 Å². The Hall–Kier alpha value is -2.60. The van der Waals surface area contributed by atoms with Crippen LogP contribution in [0.1, 0.15) is 46.2 Å². The summed E-state index contributed by atoms with van der Waals surface area (Å²) in [5, 5.41) is 2.86. The minimum Gasteiger partial charge on any atom is -0.486 e. The average Bonchev–Trinajstić information content (AvgIpc) is 3.32. The Morgan fingerprint density at radius 1 is 1.26 bits per heavy atom. The van der Waals surface area contributed by atoms with Gasteiger partial charge in [-0.15, -0.1) is 11.3 Å². The molecule has 0 radical (unpaired) electrons. The van der Waals surface area contributed by atoms with Gasteiger partial charge in [0.05, 0.1) is 18.5 Å². The Balaban J connectivity index is 1.63.